The van der Waals surface area contributed by atoms with Crippen LogP contribution in [0.25, 0.3) is 0 Å². The van der Waals surface area contributed by atoms with E-state index in [1.807, 2.05) is 36.5 Å². The number of pyridine rings is 1. The van der Waals surface area contributed by atoms with Gasteiger partial charge >= 0.3 is 0 Å². The number of hydrogen-bond acceptors (Lipinski definition) is 2. The quantitative estimate of drug-likeness (QED) is 0.408. The molecule has 0 saturated heterocycles. The van der Waals surface area contributed by atoms with Crippen LogP contribution in [0.15, 0.2) is 53.8 Å². The minimum Gasteiger partial charge on any atom is -0.356 e. The van der Waals surface area contributed by atoms with Crippen LogP contribution in [0.4, 0.5) is 0 Å². The molecule has 0 aliphatic rings. The van der Waals surface area contributed by atoms with Gasteiger partial charge in [-0.15, -0.1) is 24.0 Å². The molecule has 2 rings (SSSR count). The predicted octanol–water partition coefficient (Wildman–Crippen LogP) is 3.30. The number of halogens is 2. The number of nitrogens with one attached hydrogen (secondary N) is 2. The van der Waals surface area contributed by atoms with E-state index in [2.05, 4.69) is 26.7 Å². The van der Waals surface area contributed by atoms with Gasteiger partial charge in [-0.3, -0.25) is 9.98 Å². The average Bonchev–Trinajstić information content (AvgIpc) is 2.56. The van der Waals surface area contributed by atoms with E-state index < -0.39 is 0 Å². The zero-order chi connectivity index (χ0) is 15.6. The number of guanidine groups is 1. The van der Waals surface area contributed by atoms with Crippen molar-refractivity contribution in [1.82, 2.24) is 15.6 Å². The zero-order valence-electron chi connectivity index (χ0n) is 13.1. The highest BCUT2D eigenvalue weighted by Crippen LogP contribution is 2.14. The third kappa shape index (κ3) is 7.18. The van der Waals surface area contributed by atoms with Crippen molar-refractivity contribution in [3.63, 3.8) is 0 Å². The van der Waals surface area contributed by atoms with Crippen LogP contribution in [0.5, 0.6) is 0 Å². The maximum atomic E-state index is 6.15. The minimum atomic E-state index is 0. The number of benzene rings is 1. The van der Waals surface area contributed by atoms with E-state index >= 15 is 0 Å². The summed E-state index contributed by atoms with van der Waals surface area (Å²) < 4.78 is 0. The Labute approximate surface area is 159 Å². The molecule has 4 nitrogen and oxygen atoms in total. The maximum absolute atomic E-state index is 6.15. The molecule has 1 heterocycles. The molecule has 2 aromatic rings. The SMILES string of the molecule is CN=C(NCCc1cccnc1)NCCc1ccccc1Cl.I. The maximum Gasteiger partial charge on any atom is 0.190 e. The highest BCUT2D eigenvalue weighted by molar-refractivity contribution is 14.0. The van der Waals surface area contributed by atoms with Gasteiger partial charge in [0.2, 0.25) is 0 Å². The van der Waals surface area contributed by atoms with E-state index in [1.54, 1.807) is 13.2 Å². The molecule has 124 valence electrons. The molecule has 0 radical (unpaired) electrons. The van der Waals surface area contributed by atoms with Gasteiger partial charge in [0.05, 0.1) is 0 Å². The molecule has 0 aliphatic carbocycles. The van der Waals surface area contributed by atoms with Gasteiger partial charge in [-0.25, -0.2) is 0 Å². The van der Waals surface area contributed by atoms with Crippen LogP contribution < -0.4 is 10.6 Å². The van der Waals surface area contributed by atoms with Crippen LogP contribution in [0, 0.1) is 0 Å². The van der Waals surface area contributed by atoms with Crippen molar-refractivity contribution in [3.8, 4) is 0 Å². The van der Waals surface area contributed by atoms with Gasteiger partial charge in [0, 0.05) is 37.6 Å². The van der Waals surface area contributed by atoms with Gasteiger partial charge in [0.15, 0.2) is 5.96 Å². The highest BCUT2D eigenvalue weighted by atomic mass is 127. The van der Waals surface area contributed by atoms with Crippen molar-refractivity contribution in [2.45, 2.75) is 12.8 Å². The normalized spacial score (nSPS) is 10.8. The molecule has 0 unspecified atom stereocenters. The third-order valence-corrected chi connectivity index (χ3v) is 3.67. The van der Waals surface area contributed by atoms with E-state index in [9.17, 15) is 0 Å². The van der Waals surface area contributed by atoms with Crippen LogP contribution in [-0.2, 0) is 12.8 Å². The van der Waals surface area contributed by atoms with Gasteiger partial charge in [0.25, 0.3) is 0 Å². The lowest BCUT2D eigenvalue weighted by atomic mass is 10.1. The summed E-state index contributed by atoms with van der Waals surface area (Å²) in [5.41, 5.74) is 2.35. The van der Waals surface area contributed by atoms with Crippen molar-refractivity contribution >= 4 is 41.5 Å². The number of aromatic nitrogens is 1. The summed E-state index contributed by atoms with van der Waals surface area (Å²) in [6.45, 7) is 1.60. The van der Waals surface area contributed by atoms with Crippen LogP contribution in [0.1, 0.15) is 11.1 Å². The van der Waals surface area contributed by atoms with E-state index in [-0.39, 0.29) is 24.0 Å². The van der Waals surface area contributed by atoms with E-state index in [1.165, 1.54) is 5.56 Å². The molecule has 0 bridgehead atoms. The molecule has 0 atom stereocenters. The summed E-state index contributed by atoms with van der Waals surface area (Å²) >= 11 is 6.15. The van der Waals surface area contributed by atoms with Gasteiger partial charge in [-0.2, -0.15) is 0 Å². The Hall–Kier alpha value is -1.34. The number of hydrogen-bond donors (Lipinski definition) is 2. The molecule has 2 N–H and O–H groups in total. The molecule has 23 heavy (non-hydrogen) atoms. The van der Waals surface area contributed by atoms with Gasteiger partial charge in [0.1, 0.15) is 0 Å². The fourth-order valence-corrected chi connectivity index (χ4v) is 2.34. The van der Waals surface area contributed by atoms with Crippen molar-refractivity contribution in [2.75, 3.05) is 20.1 Å². The fraction of sp³-hybridized carbons (Fsp3) is 0.294. The second-order valence-electron chi connectivity index (χ2n) is 4.88. The summed E-state index contributed by atoms with van der Waals surface area (Å²) in [6.07, 6.45) is 5.45. The van der Waals surface area contributed by atoms with E-state index in [0.29, 0.717) is 0 Å². The van der Waals surface area contributed by atoms with Gasteiger partial charge in [-0.1, -0.05) is 35.9 Å². The van der Waals surface area contributed by atoms with Crippen molar-refractivity contribution in [2.24, 2.45) is 4.99 Å². The molecule has 1 aromatic carbocycles. The van der Waals surface area contributed by atoms with Crippen molar-refractivity contribution in [1.29, 1.82) is 0 Å². The molecule has 0 aliphatic heterocycles. The number of nitrogens with zero attached hydrogens (tertiary/aromatic N) is 2. The summed E-state index contributed by atoms with van der Waals surface area (Å²) in [7, 11) is 1.77. The van der Waals surface area contributed by atoms with Gasteiger partial charge in [-0.05, 0) is 36.1 Å². The van der Waals surface area contributed by atoms with Gasteiger partial charge < -0.3 is 10.6 Å². The standard InChI is InChI=1S/C17H21ClN4.HI/c1-19-17(21-11-8-14-5-4-10-20-13-14)22-12-9-15-6-2-3-7-16(15)18;/h2-7,10,13H,8-9,11-12H2,1H3,(H2,19,21,22);1H. The average molecular weight is 445 g/mol. The summed E-state index contributed by atoms with van der Waals surface area (Å²) in [5, 5.41) is 7.40. The molecule has 0 amide bonds. The third-order valence-electron chi connectivity index (χ3n) is 3.30. The first-order valence-electron chi connectivity index (χ1n) is 7.36. The first-order chi connectivity index (χ1) is 10.8. The molecule has 0 spiro atoms. The first-order valence-corrected chi connectivity index (χ1v) is 7.74. The second-order valence-corrected chi connectivity index (χ2v) is 5.29. The van der Waals surface area contributed by atoms with E-state index in [4.69, 9.17) is 11.6 Å². The van der Waals surface area contributed by atoms with Crippen molar-refractivity contribution < 1.29 is 0 Å². The molecule has 1 aromatic heterocycles. The summed E-state index contributed by atoms with van der Waals surface area (Å²) in [5.74, 6) is 0.802. The molecular formula is C17H22ClIN4. The Bertz CT molecular complexity index is 605. The Morgan fingerprint density at radius 1 is 1.09 bits per heavy atom. The van der Waals surface area contributed by atoms with Crippen LogP contribution in [0.3, 0.4) is 0 Å². The molecule has 6 heteroatoms. The lowest BCUT2D eigenvalue weighted by Crippen LogP contribution is -2.39. The summed E-state index contributed by atoms with van der Waals surface area (Å²) in [4.78, 5) is 8.33. The largest absolute Gasteiger partial charge is 0.356 e. The number of rotatable bonds is 6. The summed E-state index contributed by atoms with van der Waals surface area (Å²) in [6, 6.07) is 11.9. The molecule has 0 fully saturated rings. The highest BCUT2D eigenvalue weighted by Gasteiger charge is 2.01. The topological polar surface area (TPSA) is 49.3 Å². The van der Waals surface area contributed by atoms with Crippen LogP contribution >= 0.6 is 35.6 Å². The fourth-order valence-electron chi connectivity index (χ4n) is 2.11. The lowest BCUT2D eigenvalue weighted by molar-refractivity contribution is 0.783. The monoisotopic (exact) mass is 444 g/mol. The lowest BCUT2D eigenvalue weighted by Gasteiger charge is -2.12. The van der Waals surface area contributed by atoms with Crippen molar-refractivity contribution in [3.05, 3.63) is 64.9 Å². The second kappa shape index (κ2) is 11.2. The smallest absolute Gasteiger partial charge is 0.190 e. The molecular weight excluding hydrogens is 423 g/mol. The Kier molecular flexibility index (Phi) is 9.63. The Morgan fingerprint density at radius 2 is 1.83 bits per heavy atom. The van der Waals surface area contributed by atoms with Crippen LogP contribution in [0.2, 0.25) is 5.02 Å². The van der Waals surface area contributed by atoms with Crippen LogP contribution in [-0.4, -0.2) is 31.1 Å². The van der Waals surface area contributed by atoms with E-state index in [0.717, 1.165) is 42.5 Å². The number of aliphatic imine (C=N–C) groups is 1. The Balaban J connectivity index is 0.00000264. The Morgan fingerprint density at radius 3 is 2.48 bits per heavy atom. The zero-order valence-corrected chi connectivity index (χ0v) is 16.2. The predicted molar refractivity (Wildman–Crippen MR) is 108 cm³/mol. The minimum absolute atomic E-state index is 0. The first kappa shape index (κ1) is 19.7. The molecule has 0 saturated carbocycles.